The van der Waals surface area contributed by atoms with Crippen LogP contribution in [0.25, 0.3) is 11.3 Å². The Bertz CT molecular complexity index is 566. The number of nitrogens with one attached hydrogen (secondary N) is 1. The maximum absolute atomic E-state index is 5.34. The van der Waals surface area contributed by atoms with Crippen LogP contribution in [0.5, 0.6) is 5.75 Å². The van der Waals surface area contributed by atoms with E-state index < -0.39 is 0 Å². The van der Waals surface area contributed by atoms with Crippen molar-refractivity contribution in [1.29, 1.82) is 0 Å². The molecule has 0 aliphatic rings. The molecule has 0 radical (unpaired) electrons. The number of ether oxygens (including phenoxy) is 1. The van der Waals surface area contributed by atoms with Gasteiger partial charge in [-0.1, -0.05) is 6.92 Å². The second-order valence-electron chi connectivity index (χ2n) is 4.52. The minimum atomic E-state index is 0.875. The van der Waals surface area contributed by atoms with E-state index in [1.165, 1.54) is 11.7 Å². The van der Waals surface area contributed by atoms with Gasteiger partial charge in [0.05, 0.1) is 18.8 Å². The Balaban J connectivity index is 2.42. The van der Waals surface area contributed by atoms with Crippen molar-refractivity contribution in [3.63, 3.8) is 0 Å². The van der Waals surface area contributed by atoms with E-state index in [1.54, 1.807) is 7.11 Å². The third kappa shape index (κ3) is 2.87. The summed E-state index contributed by atoms with van der Waals surface area (Å²) in [7, 11) is 1.69. The fourth-order valence-electron chi connectivity index (χ4n) is 1.99. The molecule has 0 fully saturated rings. The standard InChI is InChI=1S/C14H19N3OS/c1-5-6-15-14-13(16-19-17-14)11-7-10(3)12(18-4)8-9(11)2/h7-8H,5-6H2,1-4H3,(H,15,17). The van der Waals surface area contributed by atoms with E-state index in [1.807, 2.05) is 13.0 Å². The number of hydrogen-bond acceptors (Lipinski definition) is 5. The first kappa shape index (κ1) is 13.8. The van der Waals surface area contributed by atoms with Crippen molar-refractivity contribution in [3.05, 3.63) is 23.3 Å². The average molecular weight is 277 g/mol. The predicted octanol–water partition coefficient (Wildman–Crippen LogP) is 3.65. The summed E-state index contributed by atoms with van der Waals surface area (Å²) in [6, 6.07) is 4.16. The van der Waals surface area contributed by atoms with Crippen molar-refractivity contribution < 1.29 is 4.74 Å². The van der Waals surface area contributed by atoms with E-state index in [2.05, 4.69) is 34.0 Å². The van der Waals surface area contributed by atoms with Crippen LogP contribution in [0.2, 0.25) is 0 Å². The second kappa shape index (κ2) is 6.02. The molecule has 0 aliphatic carbocycles. The Morgan fingerprint density at radius 3 is 2.68 bits per heavy atom. The van der Waals surface area contributed by atoms with Gasteiger partial charge in [-0.3, -0.25) is 0 Å². The third-order valence-electron chi connectivity index (χ3n) is 3.03. The van der Waals surface area contributed by atoms with Crippen molar-refractivity contribution in [2.45, 2.75) is 27.2 Å². The third-order valence-corrected chi connectivity index (χ3v) is 3.56. The molecule has 1 N–H and O–H groups in total. The van der Waals surface area contributed by atoms with Crippen LogP contribution in [-0.2, 0) is 0 Å². The Hall–Kier alpha value is -1.62. The van der Waals surface area contributed by atoms with Crippen LogP contribution < -0.4 is 10.1 Å². The number of anilines is 1. The second-order valence-corrected chi connectivity index (χ2v) is 5.05. The van der Waals surface area contributed by atoms with E-state index in [0.29, 0.717) is 0 Å². The highest BCUT2D eigenvalue weighted by atomic mass is 32.1. The van der Waals surface area contributed by atoms with Crippen LogP contribution >= 0.6 is 11.7 Å². The van der Waals surface area contributed by atoms with Crippen molar-refractivity contribution in [3.8, 4) is 17.0 Å². The average Bonchev–Trinajstić information content (AvgIpc) is 2.86. The number of nitrogens with zero attached hydrogens (tertiary/aromatic N) is 2. The zero-order chi connectivity index (χ0) is 13.8. The molecule has 19 heavy (non-hydrogen) atoms. The molecule has 0 saturated heterocycles. The molecule has 102 valence electrons. The lowest BCUT2D eigenvalue weighted by molar-refractivity contribution is 0.411. The molecule has 1 heterocycles. The van der Waals surface area contributed by atoms with E-state index in [4.69, 9.17) is 4.74 Å². The molecule has 4 nitrogen and oxygen atoms in total. The monoisotopic (exact) mass is 277 g/mol. The molecule has 2 rings (SSSR count). The first-order valence-electron chi connectivity index (χ1n) is 6.39. The highest BCUT2D eigenvalue weighted by molar-refractivity contribution is 6.99. The topological polar surface area (TPSA) is 47.0 Å². The fourth-order valence-corrected chi connectivity index (χ4v) is 2.53. The fraction of sp³-hybridized carbons (Fsp3) is 0.429. The minimum absolute atomic E-state index is 0.875. The minimum Gasteiger partial charge on any atom is -0.496 e. The van der Waals surface area contributed by atoms with E-state index in [9.17, 15) is 0 Å². The summed E-state index contributed by atoms with van der Waals surface area (Å²) in [4.78, 5) is 0. The summed E-state index contributed by atoms with van der Waals surface area (Å²) >= 11 is 1.24. The first-order chi connectivity index (χ1) is 9.17. The number of rotatable bonds is 5. The zero-order valence-corrected chi connectivity index (χ0v) is 12.6. The summed E-state index contributed by atoms with van der Waals surface area (Å²) in [5.74, 6) is 1.78. The van der Waals surface area contributed by atoms with Crippen molar-refractivity contribution >= 4 is 17.5 Å². The van der Waals surface area contributed by atoms with Crippen LogP contribution in [0.3, 0.4) is 0 Å². The Morgan fingerprint density at radius 2 is 2.00 bits per heavy atom. The summed E-state index contributed by atoms with van der Waals surface area (Å²) in [6.45, 7) is 7.16. The highest BCUT2D eigenvalue weighted by Gasteiger charge is 2.14. The van der Waals surface area contributed by atoms with Crippen LogP contribution in [0.4, 0.5) is 5.82 Å². The molecule has 5 heteroatoms. The smallest absolute Gasteiger partial charge is 0.168 e. The Labute approximate surface area is 118 Å². The molecule has 1 aromatic carbocycles. The van der Waals surface area contributed by atoms with E-state index in [0.717, 1.165) is 46.9 Å². The van der Waals surface area contributed by atoms with Gasteiger partial charge in [0.1, 0.15) is 11.4 Å². The lowest BCUT2D eigenvalue weighted by Gasteiger charge is -2.11. The summed E-state index contributed by atoms with van der Waals surface area (Å²) < 4.78 is 14.1. The molecule has 0 unspecified atom stereocenters. The van der Waals surface area contributed by atoms with Gasteiger partial charge in [-0.25, -0.2) is 0 Å². The summed E-state index contributed by atoms with van der Waals surface area (Å²) in [6.07, 6.45) is 1.07. The molecule has 0 atom stereocenters. The molecule has 0 saturated carbocycles. The van der Waals surface area contributed by atoms with E-state index in [-0.39, 0.29) is 0 Å². The first-order valence-corrected chi connectivity index (χ1v) is 7.12. The van der Waals surface area contributed by atoms with Crippen LogP contribution in [0.1, 0.15) is 24.5 Å². The molecule has 0 amide bonds. The quantitative estimate of drug-likeness (QED) is 0.906. The molecule has 0 aliphatic heterocycles. The van der Waals surface area contributed by atoms with Gasteiger partial charge in [0.2, 0.25) is 0 Å². The van der Waals surface area contributed by atoms with Gasteiger partial charge in [-0.05, 0) is 43.5 Å². The predicted molar refractivity (Wildman–Crippen MR) is 80.2 cm³/mol. The number of methoxy groups -OCH3 is 1. The van der Waals surface area contributed by atoms with Gasteiger partial charge in [-0.15, -0.1) is 0 Å². The van der Waals surface area contributed by atoms with Crippen molar-refractivity contribution in [1.82, 2.24) is 8.75 Å². The number of aryl methyl sites for hydroxylation is 2. The maximum Gasteiger partial charge on any atom is 0.168 e. The lowest BCUT2D eigenvalue weighted by Crippen LogP contribution is -2.02. The summed E-state index contributed by atoms with van der Waals surface area (Å²) in [5.41, 5.74) is 4.31. The zero-order valence-electron chi connectivity index (χ0n) is 11.8. The molecule has 0 spiro atoms. The van der Waals surface area contributed by atoms with Gasteiger partial charge in [-0.2, -0.15) is 8.75 Å². The molecule has 1 aromatic heterocycles. The molecule has 0 bridgehead atoms. The highest BCUT2D eigenvalue weighted by Crippen LogP contribution is 2.33. The lowest BCUT2D eigenvalue weighted by atomic mass is 10.0. The maximum atomic E-state index is 5.34. The van der Waals surface area contributed by atoms with E-state index >= 15 is 0 Å². The number of benzene rings is 1. The van der Waals surface area contributed by atoms with Gasteiger partial charge >= 0.3 is 0 Å². The number of hydrogen-bond donors (Lipinski definition) is 1. The van der Waals surface area contributed by atoms with Gasteiger partial charge in [0.15, 0.2) is 5.82 Å². The van der Waals surface area contributed by atoms with Crippen molar-refractivity contribution in [2.24, 2.45) is 0 Å². The molecular weight excluding hydrogens is 258 g/mol. The number of aromatic nitrogens is 2. The SMILES string of the molecule is CCCNc1nsnc1-c1cc(C)c(OC)cc1C. The largest absolute Gasteiger partial charge is 0.496 e. The van der Waals surface area contributed by atoms with Gasteiger partial charge < -0.3 is 10.1 Å². The Morgan fingerprint density at radius 1 is 1.21 bits per heavy atom. The van der Waals surface area contributed by atoms with Crippen LogP contribution in [-0.4, -0.2) is 22.4 Å². The molecular formula is C14H19N3OS. The van der Waals surface area contributed by atoms with Gasteiger partial charge in [0.25, 0.3) is 0 Å². The molecule has 2 aromatic rings. The van der Waals surface area contributed by atoms with Crippen LogP contribution in [0, 0.1) is 13.8 Å². The van der Waals surface area contributed by atoms with Crippen molar-refractivity contribution in [2.75, 3.05) is 19.0 Å². The van der Waals surface area contributed by atoms with Gasteiger partial charge in [0, 0.05) is 12.1 Å². The Kier molecular flexibility index (Phi) is 4.37. The van der Waals surface area contributed by atoms with Crippen LogP contribution in [0.15, 0.2) is 12.1 Å². The normalized spacial score (nSPS) is 10.5. The summed E-state index contributed by atoms with van der Waals surface area (Å²) in [5, 5.41) is 3.32.